The molecule has 0 fully saturated rings. The van der Waals surface area contributed by atoms with E-state index in [1.165, 1.54) is 11.0 Å². The maximum absolute atomic E-state index is 14.1. The number of carbonyl (C=O) groups is 1. The Bertz CT molecular complexity index is 980. The molecule has 27 heavy (non-hydrogen) atoms. The van der Waals surface area contributed by atoms with Crippen molar-refractivity contribution in [2.45, 2.75) is 13.8 Å². The number of fused-ring (bicyclic) bond motifs is 1. The lowest BCUT2D eigenvalue weighted by Crippen LogP contribution is -2.36. The van der Waals surface area contributed by atoms with Crippen molar-refractivity contribution >= 4 is 32.6 Å². The monoisotopic (exact) mass is 389 g/mol. The molecule has 1 heterocycles. The van der Waals surface area contributed by atoms with Gasteiger partial charge in [-0.3, -0.25) is 9.69 Å². The van der Waals surface area contributed by atoms with Crippen LogP contribution in [0.2, 0.25) is 0 Å². The van der Waals surface area contributed by atoms with Crippen LogP contribution in [0.5, 0.6) is 0 Å². The van der Waals surface area contributed by atoms with Gasteiger partial charge in [0.1, 0.15) is 11.3 Å². The molecule has 0 aliphatic heterocycles. The second kappa shape index (κ2) is 7.70. The number of hydrogen-bond donors (Lipinski definition) is 0. The molecule has 2 aromatic carbocycles. The van der Waals surface area contributed by atoms with E-state index in [1.807, 2.05) is 51.0 Å². The molecule has 0 bridgehead atoms. The van der Waals surface area contributed by atoms with Crippen LogP contribution in [-0.4, -0.2) is 43.0 Å². The number of aromatic nitrogens is 1. The standard InChI is InChI=1S/C20H21F2N3OS/c1-12-7-13(2)9-14(8-12)19(26)25(6-5-24(3)4)20-23-18-16(22)10-15(21)11-17(18)27-20/h7-11H,5-6H2,1-4H3. The molecule has 0 spiro atoms. The highest BCUT2D eigenvalue weighted by Gasteiger charge is 2.23. The van der Waals surface area contributed by atoms with Crippen molar-refractivity contribution in [3.05, 3.63) is 58.7 Å². The third-order valence-corrected chi connectivity index (χ3v) is 5.14. The SMILES string of the molecule is Cc1cc(C)cc(C(=O)N(CCN(C)C)c2nc3c(F)cc(F)cc3s2)c1. The van der Waals surface area contributed by atoms with E-state index in [0.717, 1.165) is 28.5 Å². The van der Waals surface area contributed by atoms with Crippen LogP contribution in [0.15, 0.2) is 30.3 Å². The lowest BCUT2D eigenvalue weighted by Gasteiger charge is -2.22. The number of likely N-dealkylation sites (N-methyl/N-ethyl adjacent to an activating group) is 1. The van der Waals surface area contributed by atoms with Crippen molar-refractivity contribution in [1.82, 2.24) is 9.88 Å². The summed E-state index contributed by atoms with van der Waals surface area (Å²) >= 11 is 1.11. The van der Waals surface area contributed by atoms with Crippen molar-refractivity contribution < 1.29 is 13.6 Å². The lowest BCUT2D eigenvalue weighted by atomic mass is 10.1. The number of aryl methyl sites for hydroxylation is 2. The Balaban J connectivity index is 2.05. The van der Waals surface area contributed by atoms with Gasteiger partial charge in [0.2, 0.25) is 0 Å². The second-order valence-corrected chi connectivity index (χ2v) is 7.88. The van der Waals surface area contributed by atoms with Crippen LogP contribution in [0, 0.1) is 25.5 Å². The van der Waals surface area contributed by atoms with Gasteiger partial charge in [-0.15, -0.1) is 0 Å². The topological polar surface area (TPSA) is 36.4 Å². The molecular weight excluding hydrogens is 368 g/mol. The quantitative estimate of drug-likeness (QED) is 0.649. The van der Waals surface area contributed by atoms with Gasteiger partial charge in [-0.25, -0.2) is 13.8 Å². The fourth-order valence-electron chi connectivity index (χ4n) is 2.90. The van der Waals surface area contributed by atoms with Gasteiger partial charge in [0, 0.05) is 24.7 Å². The zero-order chi connectivity index (χ0) is 19.7. The average molecular weight is 389 g/mol. The van der Waals surface area contributed by atoms with Gasteiger partial charge < -0.3 is 4.90 Å². The van der Waals surface area contributed by atoms with E-state index < -0.39 is 11.6 Å². The van der Waals surface area contributed by atoms with Gasteiger partial charge in [0.05, 0.1) is 4.70 Å². The molecule has 0 saturated carbocycles. The molecule has 7 heteroatoms. The minimum Gasteiger partial charge on any atom is -0.308 e. The van der Waals surface area contributed by atoms with Crippen LogP contribution in [-0.2, 0) is 0 Å². The highest BCUT2D eigenvalue weighted by molar-refractivity contribution is 7.22. The zero-order valence-corrected chi connectivity index (χ0v) is 16.5. The minimum atomic E-state index is -0.723. The molecule has 3 aromatic rings. The number of carbonyl (C=O) groups excluding carboxylic acids is 1. The Morgan fingerprint density at radius 3 is 2.33 bits per heavy atom. The first kappa shape index (κ1) is 19.4. The summed E-state index contributed by atoms with van der Waals surface area (Å²) in [5.41, 5.74) is 2.61. The van der Waals surface area contributed by atoms with Crippen molar-refractivity contribution in [1.29, 1.82) is 0 Å². The molecule has 0 aliphatic rings. The number of anilines is 1. The molecule has 0 radical (unpaired) electrons. The molecule has 3 rings (SSSR count). The number of rotatable bonds is 5. The molecule has 4 nitrogen and oxygen atoms in total. The summed E-state index contributed by atoms with van der Waals surface area (Å²) in [7, 11) is 3.82. The van der Waals surface area contributed by atoms with Crippen molar-refractivity contribution in [3.63, 3.8) is 0 Å². The summed E-state index contributed by atoms with van der Waals surface area (Å²) < 4.78 is 28.0. The smallest absolute Gasteiger partial charge is 0.260 e. The van der Waals surface area contributed by atoms with Gasteiger partial charge in [-0.1, -0.05) is 28.5 Å². The molecule has 0 aliphatic carbocycles. The first-order valence-corrected chi connectivity index (χ1v) is 9.36. The van der Waals surface area contributed by atoms with E-state index in [0.29, 0.717) is 28.5 Å². The van der Waals surface area contributed by atoms with Crippen LogP contribution >= 0.6 is 11.3 Å². The van der Waals surface area contributed by atoms with Gasteiger partial charge in [0.15, 0.2) is 10.9 Å². The third kappa shape index (κ3) is 4.31. The van der Waals surface area contributed by atoms with Crippen molar-refractivity contribution in [2.75, 3.05) is 32.1 Å². The summed E-state index contributed by atoms with van der Waals surface area (Å²) in [6, 6.07) is 7.70. The third-order valence-electron chi connectivity index (χ3n) is 4.12. The van der Waals surface area contributed by atoms with E-state index in [4.69, 9.17) is 0 Å². The highest BCUT2D eigenvalue weighted by atomic mass is 32.1. The van der Waals surface area contributed by atoms with E-state index in [2.05, 4.69) is 4.98 Å². The molecule has 0 N–H and O–H groups in total. The molecule has 1 aromatic heterocycles. The maximum atomic E-state index is 14.1. The fourth-order valence-corrected chi connectivity index (χ4v) is 3.93. The number of nitrogens with zero attached hydrogens (tertiary/aromatic N) is 3. The number of amides is 1. The fraction of sp³-hybridized carbons (Fsp3) is 0.300. The Kier molecular flexibility index (Phi) is 5.53. The van der Waals surface area contributed by atoms with Crippen LogP contribution in [0.3, 0.4) is 0 Å². The van der Waals surface area contributed by atoms with Gasteiger partial charge in [-0.05, 0) is 46.1 Å². The van der Waals surface area contributed by atoms with Crippen LogP contribution in [0.4, 0.5) is 13.9 Å². The van der Waals surface area contributed by atoms with E-state index in [9.17, 15) is 13.6 Å². The van der Waals surface area contributed by atoms with Gasteiger partial charge in [-0.2, -0.15) is 0 Å². The Morgan fingerprint density at radius 2 is 1.70 bits per heavy atom. The summed E-state index contributed by atoms with van der Waals surface area (Å²) in [4.78, 5) is 21.0. The number of hydrogen-bond acceptors (Lipinski definition) is 4. The highest BCUT2D eigenvalue weighted by Crippen LogP contribution is 2.32. The number of benzene rings is 2. The summed E-state index contributed by atoms with van der Waals surface area (Å²) in [5.74, 6) is -1.59. The van der Waals surface area contributed by atoms with Crippen molar-refractivity contribution in [2.24, 2.45) is 0 Å². The normalized spacial score (nSPS) is 11.4. The molecule has 0 unspecified atom stereocenters. The zero-order valence-electron chi connectivity index (χ0n) is 15.7. The molecule has 0 atom stereocenters. The first-order valence-electron chi connectivity index (χ1n) is 8.55. The summed E-state index contributed by atoms with van der Waals surface area (Å²) in [6.07, 6.45) is 0. The van der Waals surface area contributed by atoms with Crippen LogP contribution in [0.25, 0.3) is 10.2 Å². The van der Waals surface area contributed by atoms with Gasteiger partial charge >= 0.3 is 0 Å². The molecule has 142 valence electrons. The Morgan fingerprint density at radius 1 is 1.04 bits per heavy atom. The second-order valence-electron chi connectivity index (χ2n) is 6.87. The molecule has 0 saturated heterocycles. The van der Waals surface area contributed by atoms with Crippen molar-refractivity contribution in [3.8, 4) is 0 Å². The molecular formula is C20H21F2N3OS. The summed E-state index contributed by atoms with van der Waals surface area (Å²) in [6.45, 7) is 4.87. The lowest BCUT2D eigenvalue weighted by molar-refractivity contribution is 0.0985. The predicted molar refractivity (Wildman–Crippen MR) is 106 cm³/mol. The van der Waals surface area contributed by atoms with E-state index >= 15 is 0 Å². The minimum absolute atomic E-state index is 0.0828. The average Bonchev–Trinajstić information content (AvgIpc) is 2.97. The van der Waals surface area contributed by atoms with Crippen LogP contribution < -0.4 is 4.90 Å². The first-order chi connectivity index (χ1) is 12.7. The summed E-state index contributed by atoms with van der Waals surface area (Å²) in [5, 5.41) is 0.362. The Hall–Kier alpha value is -2.38. The Labute approximate surface area is 161 Å². The van der Waals surface area contributed by atoms with E-state index in [-0.39, 0.29) is 11.4 Å². The number of halogens is 2. The number of thiazole rings is 1. The van der Waals surface area contributed by atoms with Gasteiger partial charge in [0.25, 0.3) is 5.91 Å². The predicted octanol–water partition coefficient (Wildman–Crippen LogP) is 4.40. The molecule has 1 amide bonds. The van der Waals surface area contributed by atoms with E-state index in [1.54, 1.807) is 0 Å². The maximum Gasteiger partial charge on any atom is 0.260 e. The largest absolute Gasteiger partial charge is 0.308 e. The van der Waals surface area contributed by atoms with Crippen LogP contribution in [0.1, 0.15) is 21.5 Å².